The molecule has 0 saturated carbocycles. The van der Waals surface area contributed by atoms with Gasteiger partial charge in [0.1, 0.15) is 0 Å². The molecule has 1 aromatic heterocycles. The summed E-state index contributed by atoms with van der Waals surface area (Å²) in [5.74, 6) is 0.731. The number of thioether (sulfide) groups is 1. The number of nitrogens with one attached hydrogen (secondary N) is 1. The summed E-state index contributed by atoms with van der Waals surface area (Å²) in [5.41, 5.74) is 2.64. The lowest BCUT2D eigenvalue weighted by Gasteiger charge is -2.21. The Kier molecular flexibility index (Phi) is 7.64. The Bertz CT molecular complexity index is 1020. The largest absolute Gasteiger partial charge is 0.372 e. The standard InChI is InChI=1S/C21H23Cl2N5OS/c1-4-28(5-2)15-11-9-14(10-12-15)20-25-26-21(27(20)3)30-13-18(29)24-17-8-6-7-16(22)19(17)23/h6-12H,4-5,13H2,1-3H3,(H,24,29). The van der Waals surface area contributed by atoms with Gasteiger partial charge in [-0.15, -0.1) is 10.2 Å². The molecule has 0 aliphatic carbocycles. The lowest BCUT2D eigenvalue weighted by Crippen LogP contribution is -2.21. The molecule has 0 spiro atoms. The number of carbonyl (C=O) groups is 1. The Labute approximate surface area is 190 Å². The molecule has 1 heterocycles. The molecule has 3 aromatic rings. The van der Waals surface area contributed by atoms with Gasteiger partial charge in [0.2, 0.25) is 5.91 Å². The van der Waals surface area contributed by atoms with Crippen LogP contribution in [0.2, 0.25) is 10.0 Å². The Morgan fingerprint density at radius 2 is 1.80 bits per heavy atom. The van der Waals surface area contributed by atoms with Crippen LogP contribution < -0.4 is 10.2 Å². The molecular formula is C21H23Cl2N5OS. The second kappa shape index (κ2) is 10.2. The van der Waals surface area contributed by atoms with Gasteiger partial charge in [0.05, 0.1) is 21.5 Å². The van der Waals surface area contributed by atoms with Gasteiger partial charge < -0.3 is 14.8 Å². The minimum absolute atomic E-state index is 0.176. The molecule has 9 heteroatoms. The molecule has 2 aromatic carbocycles. The van der Waals surface area contributed by atoms with Gasteiger partial charge >= 0.3 is 0 Å². The molecule has 0 aliphatic heterocycles. The molecule has 0 radical (unpaired) electrons. The van der Waals surface area contributed by atoms with Crippen LogP contribution in [0, 0.1) is 0 Å². The van der Waals surface area contributed by atoms with Crippen molar-refractivity contribution in [2.75, 3.05) is 29.1 Å². The first-order chi connectivity index (χ1) is 14.4. The minimum Gasteiger partial charge on any atom is -0.372 e. The van der Waals surface area contributed by atoms with Crippen molar-refractivity contribution in [2.24, 2.45) is 7.05 Å². The Hall–Kier alpha value is -2.22. The zero-order chi connectivity index (χ0) is 21.7. The fraction of sp³-hybridized carbons (Fsp3) is 0.286. The van der Waals surface area contributed by atoms with E-state index in [0.29, 0.717) is 20.9 Å². The predicted molar refractivity (Wildman–Crippen MR) is 126 cm³/mol. The number of amides is 1. The molecule has 0 bridgehead atoms. The van der Waals surface area contributed by atoms with E-state index in [4.69, 9.17) is 23.2 Å². The Morgan fingerprint density at radius 3 is 2.47 bits per heavy atom. The average Bonchev–Trinajstić information content (AvgIpc) is 3.12. The van der Waals surface area contributed by atoms with Crippen molar-refractivity contribution < 1.29 is 4.79 Å². The maximum absolute atomic E-state index is 12.3. The normalized spacial score (nSPS) is 10.8. The molecule has 0 fully saturated rings. The van der Waals surface area contributed by atoms with E-state index >= 15 is 0 Å². The van der Waals surface area contributed by atoms with Crippen LogP contribution in [0.25, 0.3) is 11.4 Å². The van der Waals surface area contributed by atoms with Gasteiger partial charge in [0.25, 0.3) is 0 Å². The van der Waals surface area contributed by atoms with Gasteiger partial charge in [-0.3, -0.25) is 4.79 Å². The average molecular weight is 464 g/mol. The van der Waals surface area contributed by atoms with Gasteiger partial charge in [0.15, 0.2) is 11.0 Å². The number of aromatic nitrogens is 3. The summed E-state index contributed by atoms with van der Waals surface area (Å²) < 4.78 is 1.89. The van der Waals surface area contributed by atoms with E-state index < -0.39 is 0 Å². The van der Waals surface area contributed by atoms with Crippen LogP contribution in [0.1, 0.15) is 13.8 Å². The molecule has 6 nitrogen and oxygen atoms in total. The van der Waals surface area contributed by atoms with E-state index in [0.717, 1.165) is 24.5 Å². The summed E-state index contributed by atoms with van der Waals surface area (Å²) in [7, 11) is 1.89. The molecular weight excluding hydrogens is 441 g/mol. The highest BCUT2D eigenvalue weighted by molar-refractivity contribution is 7.99. The molecule has 0 saturated heterocycles. The first kappa shape index (κ1) is 22.5. The van der Waals surface area contributed by atoms with Crippen molar-refractivity contribution >= 4 is 52.2 Å². The molecule has 3 rings (SSSR count). The highest BCUT2D eigenvalue weighted by Gasteiger charge is 2.14. The summed E-state index contributed by atoms with van der Waals surface area (Å²) in [6.07, 6.45) is 0. The van der Waals surface area contributed by atoms with Crippen LogP contribution in [-0.2, 0) is 11.8 Å². The molecule has 1 N–H and O–H groups in total. The van der Waals surface area contributed by atoms with Crippen molar-refractivity contribution in [3.8, 4) is 11.4 Å². The maximum Gasteiger partial charge on any atom is 0.234 e. The zero-order valence-corrected chi connectivity index (χ0v) is 19.4. The van der Waals surface area contributed by atoms with Gasteiger partial charge in [0, 0.05) is 31.4 Å². The van der Waals surface area contributed by atoms with E-state index in [1.165, 1.54) is 17.4 Å². The van der Waals surface area contributed by atoms with Crippen molar-refractivity contribution in [3.63, 3.8) is 0 Å². The maximum atomic E-state index is 12.3. The zero-order valence-electron chi connectivity index (χ0n) is 17.0. The van der Waals surface area contributed by atoms with Crippen molar-refractivity contribution in [3.05, 3.63) is 52.5 Å². The van der Waals surface area contributed by atoms with Gasteiger partial charge in [-0.2, -0.15) is 0 Å². The molecule has 30 heavy (non-hydrogen) atoms. The molecule has 0 unspecified atom stereocenters. The van der Waals surface area contributed by atoms with E-state index in [1.807, 2.05) is 23.7 Å². The van der Waals surface area contributed by atoms with E-state index in [-0.39, 0.29) is 11.7 Å². The number of rotatable bonds is 8. The minimum atomic E-state index is -0.197. The third kappa shape index (κ3) is 5.09. The number of halogens is 2. The predicted octanol–water partition coefficient (Wildman–Crippen LogP) is 5.37. The lowest BCUT2D eigenvalue weighted by atomic mass is 10.2. The molecule has 0 atom stereocenters. The first-order valence-corrected chi connectivity index (χ1v) is 11.3. The van der Waals surface area contributed by atoms with Crippen molar-refractivity contribution in [1.29, 1.82) is 0 Å². The monoisotopic (exact) mass is 463 g/mol. The SMILES string of the molecule is CCN(CC)c1ccc(-c2nnc(SCC(=O)Nc3cccc(Cl)c3Cl)n2C)cc1. The van der Waals surface area contributed by atoms with E-state index in [1.54, 1.807) is 18.2 Å². The van der Waals surface area contributed by atoms with Gasteiger partial charge in [-0.1, -0.05) is 41.0 Å². The van der Waals surface area contributed by atoms with Crippen molar-refractivity contribution in [1.82, 2.24) is 14.8 Å². The Morgan fingerprint density at radius 1 is 1.10 bits per heavy atom. The van der Waals surface area contributed by atoms with Crippen molar-refractivity contribution in [2.45, 2.75) is 19.0 Å². The number of nitrogens with zero attached hydrogens (tertiary/aromatic N) is 4. The smallest absolute Gasteiger partial charge is 0.234 e. The molecule has 0 aliphatic rings. The topological polar surface area (TPSA) is 63.1 Å². The third-order valence-electron chi connectivity index (χ3n) is 4.65. The second-order valence-corrected chi connectivity index (χ2v) is 8.25. The van der Waals surface area contributed by atoms with Crippen LogP contribution in [0.15, 0.2) is 47.6 Å². The summed E-state index contributed by atoms with van der Waals surface area (Å²) >= 11 is 13.4. The Balaban J connectivity index is 1.65. The quantitative estimate of drug-likeness (QED) is 0.455. The van der Waals surface area contributed by atoms with Crippen LogP contribution in [0.4, 0.5) is 11.4 Å². The van der Waals surface area contributed by atoms with Crippen LogP contribution in [0.3, 0.4) is 0 Å². The fourth-order valence-electron chi connectivity index (χ4n) is 3.02. The summed E-state index contributed by atoms with van der Waals surface area (Å²) in [6.45, 7) is 6.20. The third-order valence-corrected chi connectivity index (χ3v) is 6.49. The summed E-state index contributed by atoms with van der Waals surface area (Å²) in [4.78, 5) is 14.6. The van der Waals surface area contributed by atoms with E-state index in [9.17, 15) is 4.79 Å². The lowest BCUT2D eigenvalue weighted by molar-refractivity contribution is -0.113. The number of anilines is 2. The number of benzene rings is 2. The second-order valence-electron chi connectivity index (χ2n) is 6.52. The summed E-state index contributed by atoms with van der Waals surface area (Å²) in [6, 6.07) is 13.4. The number of carbonyl (C=O) groups excluding carboxylic acids is 1. The summed E-state index contributed by atoms with van der Waals surface area (Å²) in [5, 5.41) is 12.7. The molecule has 158 valence electrons. The van der Waals surface area contributed by atoms with E-state index in [2.05, 4.69) is 46.4 Å². The first-order valence-electron chi connectivity index (χ1n) is 9.56. The number of hydrogen-bond donors (Lipinski definition) is 1. The van der Waals surface area contributed by atoms with Crippen LogP contribution >= 0.6 is 35.0 Å². The highest BCUT2D eigenvalue weighted by atomic mass is 35.5. The molecule has 1 amide bonds. The van der Waals surface area contributed by atoms with Crippen LogP contribution in [0.5, 0.6) is 0 Å². The van der Waals surface area contributed by atoms with Crippen LogP contribution in [-0.4, -0.2) is 39.5 Å². The fourth-order valence-corrected chi connectivity index (χ4v) is 4.08. The highest BCUT2D eigenvalue weighted by Crippen LogP contribution is 2.30. The number of hydrogen-bond acceptors (Lipinski definition) is 5. The van der Waals surface area contributed by atoms with Gasteiger partial charge in [-0.25, -0.2) is 0 Å². The van der Waals surface area contributed by atoms with Gasteiger partial charge in [-0.05, 0) is 50.2 Å².